The molecule has 0 aliphatic carbocycles. The van der Waals surface area contributed by atoms with Crippen LogP contribution in [0.3, 0.4) is 0 Å². The third kappa shape index (κ3) is 3.12. The number of carbonyl (C=O) groups excluding carboxylic acids is 2. The summed E-state index contributed by atoms with van der Waals surface area (Å²) in [6.07, 6.45) is 0. The summed E-state index contributed by atoms with van der Waals surface area (Å²) >= 11 is 0. The first-order valence-electron chi connectivity index (χ1n) is 8.58. The van der Waals surface area contributed by atoms with Gasteiger partial charge in [-0.2, -0.15) is 0 Å². The molecule has 0 bridgehead atoms. The SMILES string of the molecule is COC(=O)C1CN(C(=O)c2ccc(F)c(B3OC(C)(C)C(C)(C)O3)c2)C1. The van der Waals surface area contributed by atoms with Crippen LogP contribution >= 0.6 is 0 Å². The quantitative estimate of drug-likeness (QED) is 0.600. The van der Waals surface area contributed by atoms with Crippen molar-refractivity contribution in [3.8, 4) is 0 Å². The molecule has 1 aromatic rings. The van der Waals surface area contributed by atoms with Gasteiger partial charge in [-0.15, -0.1) is 0 Å². The monoisotopic (exact) mass is 363 g/mol. The average Bonchev–Trinajstić information content (AvgIpc) is 2.73. The smallest absolute Gasteiger partial charge is 0.469 e. The third-order valence-corrected chi connectivity index (χ3v) is 5.45. The van der Waals surface area contributed by atoms with Gasteiger partial charge in [-0.1, -0.05) is 0 Å². The summed E-state index contributed by atoms with van der Waals surface area (Å²) in [4.78, 5) is 25.6. The van der Waals surface area contributed by atoms with E-state index in [-0.39, 0.29) is 23.3 Å². The van der Waals surface area contributed by atoms with Crippen molar-refractivity contribution in [2.75, 3.05) is 20.2 Å². The summed E-state index contributed by atoms with van der Waals surface area (Å²) in [5.41, 5.74) is -0.677. The lowest BCUT2D eigenvalue weighted by atomic mass is 9.77. The van der Waals surface area contributed by atoms with E-state index in [9.17, 15) is 14.0 Å². The molecule has 0 N–H and O–H groups in total. The van der Waals surface area contributed by atoms with Gasteiger partial charge in [-0.05, 0) is 45.9 Å². The van der Waals surface area contributed by atoms with E-state index >= 15 is 0 Å². The Balaban J connectivity index is 1.77. The van der Waals surface area contributed by atoms with E-state index in [4.69, 9.17) is 9.31 Å². The van der Waals surface area contributed by atoms with Crippen molar-refractivity contribution in [1.82, 2.24) is 4.90 Å². The molecule has 0 spiro atoms. The van der Waals surface area contributed by atoms with Crippen LogP contribution in [-0.2, 0) is 18.8 Å². The summed E-state index contributed by atoms with van der Waals surface area (Å²) in [5, 5.41) is 0. The Hall–Kier alpha value is -1.93. The van der Waals surface area contributed by atoms with Crippen molar-refractivity contribution in [2.24, 2.45) is 5.92 Å². The van der Waals surface area contributed by atoms with Crippen LogP contribution in [0, 0.1) is 11.7 Å². The van der Waals surface area contributed by atoms with Crippen LogP contribution in [0.25, 0.3) is 0 Å². The third-order valence-electron chi connectivity index (χ3n) is 5.45. The second-order valence-corrected chi connectivity index (χ2v) is 7.75. The molecule has 0 unspecified atom stereocenters. The first-order chi connectivity index (χ1) is 12.1. The minimum Gasteiger partial charge on any atom is -0.469 e. The van der Waals surface area contributed by atoms with Crippen molar-refractivity contribution in [1.29, 1.82) is 0 Å². The van der Waals surface area contributed by atoms with Crippen molar-refractivity contribution >= 4 is 24.5 Å². The van der Waals surface area contributed by atoms with Gasteiger partial charge in [0.15, 0.2) is 0 Å². The van der Waals surface area contributed by atoms with E-state index in [0.29, 0.717) is 18.7 Å². The molecule has 2 saturated heterocycles. The molecule has 1 amide bonds. The number of rotatable bonds is 3. The van der Waals surface area contributed by atoms with E-state index in [2.05, 4.69) is 4.74 Å². The van der Waals surface area contributed by atoms with Crippen LogP contribution in [-0.4, -0.2) is 55.3 Å². The standard InChI is InChI=1S/C18H23BFNO5/c1-17(2)18(3,4)26-19(25-17)13-8-11(6-7-14(13)20)15(22)21-9-12(10-21)16(23)24-5/h6-8,12H,9-10H2,1-5H3. The largest absolute Gasteiger partial charge is 0.497 e. The summed E-state index contributed by atoms with van der Waals surface area (Å²) in [6, 6.07) is 4.13. The van der Waals surface area contributed by atoms with Gasteiger partial charge in [0.1, 0.15) is 5.82 Å². The number of ether oxygens (including phenoxy) is 1. The Morgan fingerprint density at radius 1 is 1.19 bits per heavy atom. The summed E-state index contributed by atoms with van der Waals surface area (Å²) < 4.78 is 30.8. The average molecular weight is 363 g/mol. The Morgan fingerprint density at radius 3 is 2.31 bits per heavy atom. The molecule has 0 aromatic heterocycles. The van der Waals surface area contributed by atoms with E-state index in [1.807, 2.05) is 27.7 Å². The second-order valence-electron chi connectivity index (χ2n) is 7.75. The highest BCUT2D eigenvalue weighted by molar-refractivity contribution is 6.62. The fourth-order valence-electron chi connectivity index (χ4n) is 2.97. The van der Waals surface area contributed by atoms with Crippen LogP contribution in [0.15, 0.2) is 18.2 Å². The fraction of sp³-hybridized carbons (Fsp3) is 0.556. The molecule has 2 aliphatic rings. The predicted molar refractivity (Wildman–Crippen MR) is 93.5 cm³/mol. The van der Waals surface area contributed by atoms with E-state index in [0.717, 1.165) is 0 Å². The van der Waals surface area contributed by atoms with Crippen LogP contribution in [0.2, 0.25) is 0 Å². The number of amides is 1. The number of halogens is 1. The molecule has 2 fully saturated rings. The Kier molecular flexibility index (Phi) is 4.61. The molecule has 6 nitrogen and oxygen atoms in total. The fourth-order valence-corrected chi connectivity index (χ4v) is 2.97. The zero-order valence-electron chi connectivity index (χ0n) is 15.7. The molecule has 8 heteroatoms. The number of esters is 1. The molecule has 1 aromatic carbocycles. The molecule has 0 radical (unpaired) electrons. The van der Waals surface area contributed by atoms with Gasteiger partial charge in [0.2, 0.25) is 0 Å². The van der Waals surface area contributed by atoms with Crippen LogP contribution in [0.5, 0.6) is 0 Å². The number of hydrogen-bond acceptors (Lipinski definition) is 5. The molecule has 2 heterocycles. The van der Waals surface area contributed by atoms with Crippen molar-refractivity contribution in [3.63, 3.8) is 0 Å². The maximum absolute atomic E-state index is 14.4. The number of methoxy groups -OCH3 is 1. The summed E-state index contributed by atoms with van der Waals surface area (Å²) in [6.45, 7) is 8.13. The number of hydrogen-bond donors (Lipinski definition) is 0. The van der Waals surface area contributed by atoms with Gasteiger partial charge in [-0.3, -0.25) is 9.59 Å². The van der Waals surface area contributed by atoms with Gasteiger partial charge >= 0.3 is 13.1 Å². The normalized spacial score (nSPS) is 21.5. The molecule has 0 atom stereocenters. The Morgan fingerprint density at radius 2 is 1.77 bits per heavy atom. The molecular weight excluding hydrogens is 340 g/mol. The van der Waals surface area contributed by atoms with Crippen LogP contribution in [0.4, 0.5) is 4.39 Å². The van der Waals surface area contributed by atoms with Crippen molar-refractivity contribution < 1.29 is 28.0 Å². The number of likely N-dealkylation sites (tertiary alicyclic amines) is 1. The number of benzene rings is 1. The maximum Gasteiger partial charge on any atom is 0.497 e. The Labute approximate surface area is 152 Å². The van der Waals surface area contributed by atoms with Crippen molar-refractivity contribution in [2.45, 2.75) is 38.9 Å². The van der Waals surface area contributed by atoms with Gasteiger partial charge in [0.05, 0.1) is 24.2 Å². The van der Waals surface area contributed by atoms with E-state index in [1.165, 1.54) is 30.2 Å². The molecular formula is C18H23BFNO5. The lowest BCUT2D eigenvalue weighted by molar-refractivity contribution is -0.149. The molecule has 2 aliphatic heterocycles. The topological polar surface area (TPSA) is 65.1 Å². The van der Waals surface area contributed by atoms with Crippen molar-refractivity contribution in [3.05, 3.63) is 29.6 Å². The number of nitrogens with zero attached hydrogens (tertiary/aromatic N) is 1. The van der Waals surface area contributed by atoms with Gasteiger partial charge in [-0.25, -0.2) is 4.39 Å². The van der Waals surface area contributed by atoms with Gasteiger partial charge in [0.25, 0.3) is 5.91 Å². The zero-order valence-corrected chi connectivity index (χ0v) is 15.7. The summed E-state index contributed by atoms with van der Waals surface area (Å²) in [5.74, 6) is -1.38. The minimum atomic E-state index is -0.882. The molecule has 26 heavy (non-hydrogen) atoms. The van der Waals surface area contributed by atoms with E-state index < -0.39 is 24.1 Å². The van der Waals surface area contributed by atoms with Crippen LogP contribution in [0.1, 0.15) is 38.1 Å². The lowest BCUT2D eigenvalue weighted by Crippen LogP contribution is -2.53. The minimum absolute atomic E-state index is 0.194. The van der Waals surface area contributed by atoms with Gasteiger partial charge < -0.3 is 18.9 Å². The van der Waals surface area contributed by atoms with Crippen LogP contribution < -0.4 is 5.46 Å². The Bertz CT molecular complexity index is 729. The van der Waals surface area contributed by atoms with Gasteiger partial charge in [0, 0.05) is 24.1 Å². The maximum atomic E-state index is 14.4. The summed E-state index contributed by atoms with van der Waals surface area (Å²) in [7, 11) is 0.441. The highest BCUT2D eigenvalue weighted by Gasteiger charge is 2.52. The number of carbonyl (C=O) groups is 2. The molecule has 3 rings (SSSR count). The highest BCUT2D eigenvalue weighted by atomic mass is 19.1. The molecule has 140 valence electrons. The lowest BCUT2D eigenvalue weighted by Gasteiger charge is -2.37. The first kappa shape index (κ1) is 18.9. The highest BCUT2D eigenvalue weighted by Crippen LogP contribution is 2.36. The van der Waals surface area contributed by atoms with E-state index in [1.54, 1.807) is 0 Å². The second kappa shape index (κ2) is 6.35. The predicted octanol–water partition coefficient (Wildman–Crippen LogP) is 1.37. The molecule has 0 saturated carbocycles. The first-order valence-corrected chi connectivity index (χ1v) is 8.58. The zero-order chi connectivity index (χ0) is 19.3.